The molecule has 1 aliphatic carbocycles. The molecule has 0 atom stereocenters. The third-order valence-electron chi connectivity index (χ3n) is 4.16. The lowest BCUT2D eigenvalue weighted by Crippen LogP contribution is -2.22. The standard InChI is InChI=1S/C17H13N3/c1-17(12-5-2-8-18-11-12)13-6-3-9-19-15(13)16-14(17)7-4-10-20-16/h2-11H,1H3. The lowest BCUT2D eigenvalue weighted by molar-refractivity contribution is 0.706. The highest BCUT2D eigenvalue weighted by Gasteiger charge is 2.42. The van der Waals surface area contributed by atoms with Crippen LogP contribution < -0.4 is 0 Å². The Morgan fingerprint density at radius 1 is 0.800 bits per heavy atom. The van der Waals surface area contributed by atoms with Crippen LogP contribution in [0.15, 0.2) is 61.2 Å². The Hall–Kier alpha value is -2.55. The molecule has 0 aliphatic heterocycles. The molecule has 0 radical (unpaired) electrons. The van der Waals surface area contributed by atoms with Crippen LogP contribution in [0.4, 0.5) is 0 Å². The molecule has 0 unspecified atom stereocenters. The molecule has 3 nitrogen and oxygen atoms in total. The lowest BCUT2D eigenvalue weighted by Gasteiger charge is -2.26. The molecular formula is C17H13N3. The number of nitrogens with zero attached hydrogens (tertiary/aromatic N) is 3. The second kappa shape index (κ2) is 3.97. The highest BCUT2D eigenvalue weighted by molar-refractivity contribution is 5.77. The minimum atomic E-state index is -0.235. The van der Waals surface area contributed by atoms with Crippen molar-refractivity contribution in [2.75, 3.05) is 0 Å². The molecule has 3 heteroatoms. The Morgan fingerprint density at radius 2 is 1.40 bits per heavy atom. The van der Waals surface area contributed by atoms with Gasteiger partial charge in [-0.15, -0.1) is 0 Å². The molecule has 0 saturated heterocycles. The second-order valence-corrected chi connectivity index (χ2v) is 5.17. The van der Waals surface area contributed by atoms with Gasteiger partial charge in [-0.2, -0.15) is 0 Å². The molecule has 0 amide bonds. The van der Waals surface area contributed by atoms with Gasteiger partial charge >= 0.3 is 0 Å². The van der Waals surface area contributed by atoms with Crippen LogP contribution in [0.1, 0.15) is 23.6 Å². The van der Waals surface area contributed by atoms with Gasteiger partial charge in [0.15, 0.2) is 0 Å². The van der Waals surface area contributed by atoms with E-state index in [2.05, 4.69) is 40.1 Å². The predicted octanol–water partition coefficient (Wildman–Crippen LogP) is 3.21. The monoisotopic (exact) mass is 259 g/mol. The smallest absolute Gasteiger partial charge is 0.0933 e. The summed E-state index contributed by atoms with van der Waals surface area (Å²) in [5.41, 5.74) is 5.29. The van der Waals surface area contributed by atoms with Crippen molar-refractivity contribution in [3.05, 3.63) is 77.9 Å². The van der Waals surface area contributed by atoms with Crippen LogP contribution in [-0.2, 0) is 5.41 Å². The first-order valence-electron chi connectivity index (χ1n) is 6.63. The first-order chi connectivity index (χ1) is 9.82. The van der Waals surface area contributed by atoms with E-state index in [1.54, 1.807) is 6.20 Å². The fourth-order valence-electron chi connectivity index (χ4n) is 3.11. The largest absolute Gasteiger partial charge is 0.264 e. The van der Waals surface area contributed by atoms with Gasteiger partial charge in [0, 0.05) is 30.2 Å². The van der Waals surface area contributed by atoms with Crippen LogP contribution in [0.2, 0.25) is 0 Å². The van der Waals surface area contributed by atoms with Crippen molar-refractivity contribution in [1.29, 1.82) is 0 Å². The first kappa shape index (κ1) is 11.3. The zero-order valence-electron chi connectivity index (χ0n) is 11.1. The molecule has 0 bridgehead atoms. The van der Waals surface area contributed by atoms with Crippen molar-refractivity contribution in [3.8, 4) is 11.4 Å². The topological polar surface area (TPSA) is 38.7 Å². The Labute approximate surface area is 117 Å². The van der Waals surface area contributed by atoms with E-state index in [0.717, 1.165) is 11.4 Å². The van der Waals surface area contributed by atoms with Gasteiger partial charge in [-0.05, 0) is 41.8 Å². The summed E-state index contributed by atoms with van der Waals surface area (Å²) < 4.78 is 0. The molecule has 0 N–H and O–H groups in total. The molecule has 0 saturated carbocycles. The number of aromatic nitrogens is 3. The van der Waals surface area contributed by atoms with E-state index in [1.807, 2.05) is 36.8 Å². The van der Waals surface area contributed by atoms with Crippen molar-refractivity contribution in [2.24, 2.45) is 0 Å². The minimum Gasteiger partial charge on any atom is -0.264 e. The van der Waals surface area contributed by atoms with E-state index in [-0.39, 0.29) is 5.41 Å². The fourth-order valence-corrected chi connectivity index (χ4v) is 3.11. The Kier molecular flexibility index (Phi) is 2.24. The lowest BCUT2D eigenvalue weighted by atomic mass is 9.75. The van der Waals surface area contributed by atoms with Crippen molar-refractivity contribution < 1.29 is 0 Å². The summed E-state index contributed by atoms with van der Waals surface area (Å²) in [5, 5.41) is 0. The molecule has 0 spiro atoms. The van der Waals surface area contributed by atoms with Crippen molar-refractivity contribution in [1.82, 2.24) is 15.0 Å². The predicted molar refractivity (Wildman–Crippen MR) is 77.3 cm³/mol. The summed E-state index contributed by atoms with van der Waals surface area (Å²) in [7, 11) is 0. The average molecular weight is 259 g/mol. The molecule has 4 rings (SSSR count). The van der Waals surface area contributed by atoms with Crippen molar-refractivity contribution in [3.63, 3.8) is 0 Å². The quantitative estimate of drug-likeness (QED) is 0.673. The SMILES string of the molecule is CC1(c2cccnc2)c2cccnc2-c2ncccc21. The van der Waals surface area contributed by atoms with E-state index in [0.29, 0.717) is 0 Å². The van der Waals surface area contributed by atoms with E-state index < -0.39 is 0 Å². The van der Waals surface area contributed by atoms with Crippen LogP contribution >= 0.6 is 0 Å². The summed E-state index contributed by atoms with van der Waals surface area (Å²) >= 11 is 0. The van der Waals surface area contributed by atoms with Gasteiger partial charge < -0.3 is 0 Å². The third-order valence-corrected chi connectivity index (χ3v) is 4.16. The van der Waals surface area contributed by atoms with E-state index in [4.69, 9.17) is 0 Å². The summed E-state index contributed by atoms with van der Waals surface area (Å²) in [6, 6.07) is 12.3. The van der Waals surface area contributed by atoms with Crippen LogP contribution in [0, 0.1) is 0 Å². The summed E-state index contributed by atoms with van der Waals surface area (Å²) in [5.74, 6) is 0. The molecule has 3 aromatic heterocycles. The number of fused-ring (bicyclic) bond motifs is 3. The van der Waals surface area contributed by atoms with Crippen LogP contribution in [0.25, 0.3) is 11.4 Å². The normalized spacial score (nSPS) is 14.7. The highest BCUT2D eigenvalue weighted by Crippen LogP contribution is 2.49. The molecule has 20 heavy (non-hydrogen) atoms. The molecule has 1 aliphatic rings. The first-order valence-corrected chi connectivity index (χ1v) is 6.63. The van der Waals surface area contributed by atoms with Crippen molar-refractivity contribution >= 4 is 0 Å². The van der Waals surface area contributed by atoms with Gasteiger partial charge in [-0.25, -0.2) is 0 Å². The molecule has 0 aromatic carbocycles. The van der Waals surface area contributed by atoms with Crippen molar-refractivity contribution in [2.45, 2.75) is 12.3 Å². The van der Waals surface area contributed by atoms with Crippen LogP contribution in [-0.4, -0.2) is 15.0 Å². The van der Waals surface area contributed by atoms with Gasteiger partial charge in [0.25, 0.3) is 0 Å². The molecule has 3 heterocycles. The summed E-state index contributed by atoms with van der Waals surface area (Å²) in [6.45, 7) is 2.22. The Bertz CT molecular complexity index is 736. The average Bonchev–Trinajstić information content (AvgIpc) is 2.80. The summed E-state index contributed by atoms with van der Waals surface area (Å²) in [6.07, 6.45) is 7.38. The third kappa shape index (κ3) is 1.32. The Morgan fingerprint density at radius 3 is 1.95 bits per heavy atom. The maximum atomic E-state index is 4.54. The van der Waals surface area contributed by atoms with Gasteiger partial charge in [-0.3, -0.25) is 15.0 Å². The van der Waals surface area contributed by atoms with Gasteiger partial charge in [0.05, 0.1) is 11.4 Å². The second-order valence-electron chi connectivity index (χ2n) is 5.17. The fraction of sp³-hybridized carbons (Fsp3) is 0.118. The van der Waals surface area contributed by atoms with E-state index in [9.17, 15) is 0 Å². The van der Waals surface area contributed by atoms with E-state index in [1.165, 1.54) is 16.7 Å². The summed E-state index contributed by atoms with van der Waals surface area (Å²) in [4.78, 5) is 13.4. The molecule has 0 fully saturated rings. The number of rotatable bonds is 1. The zero-order chi connectivity index (χ0) is 13.6. The van der Waals surface area contributed by atoms with Gasteiger partial charge in [-0.1, -0.05) is 18.2 Å². The van der Waals surface area contributed by atoms with Crippen LogP contribution in [0.3, 0.4) is 0 Å². The Balaban J connectivity index is 2.10. The maximum Gasteiger partial charge on any atom is 0.0933 e. The van der Waals surface area contributed by atoms with Gasteiger partial charge in [0.2, 0.25) is 0 Å². The van der Waals surface area contributed by atoms with E-state index >= 15 is 0 Å². The maximum absolute atomic E-state index is 4.54. The highest BCUT2D eigenvalue weighted by atomic mass is 14.8. The number of pyridine rings is 3. The molecular weight excluding hydrogens is 246 g/mol. The van der Waals surface area contributed by atoms with Crippen LogP contribution in [0.5, 0.6) is 0 Å². The number of hydrogen-bond acceptors (Lipinski definition) is 3. The van der Waals surface area contributed by atoms with Gasteiger partial charge in [0.1, 0.15) is 0 Å². The molecule has 3 aromatic rings. The minimum absolute atomic E-state index is 0.235. The number of hydrogen-bond donors (Lipinski definition) is 0. The zero-order valence-corrected chi connectivity index (χ0v) is 11.1. The molecule has 96 valence electrons.